The van der Waals surface area contributed by atoms with Crippen LogP contribution in [0, 0.1) is 6.92 Å². The number of hydrogen-bond acceptors (Lipinski definition) is 7. The van der Waals surface area contributed by atoms with Crippen LogP contribution in [0.25, 0.3) is 0 Å². The van der Waals surface area contributed by atoms with E-state index in [4.69, 9.17) is 0 Å². The van der Waals surface area contributed by atoms with Gasteiger partial charge in [-0.25, -0.2) is 9.97 Å². The van der Waals surface area contributed by atoms with Gasteiger partial charge in [-0.05, 0) is 6.92 Å². The van der Waals surface area contributed by atoms with E-state index in [2.05, 4.69) is 20.0 Å². The number of nitrogens with zero attached hydrogens (tertiary/aromatic N) is 2. The summed E-state index contributed by atoms with van der Waals surface area (Å²) in [4.78, 5) is 31.3. The fourth-order valence-corrected chi connectivity index (χ4v) is 2.82. The van der Waals surface area contributed by atoms with Gasteiger partial charge in [0.15, 0.2) is 5.13 Å². The maximum atomic E-state index is 11.8. The van der Waals surface area contributed by atoms with E-state index in [1.807, 2.05) is 12.3 Å². The van der Waals surface area contributed by atoms with E-state index in [-0.39, 0.29) is 24.7 Å². The lowest BCUT2D eigenvalue weighted by molar-refractivity contribution is -0.139. The summed E-state index contributed by atoms with van der Waals surface area (Å²) in [6.07, 6.45) is 0.324. The van der Waals surface area contributed by atoms with Crippen molar-refractivity contribution in [3.8, 4) is 0 Å². The van der Waals surface area contributed by atoms with Crippen molar-refractivity contribution in [3.05, 3.63) is 27.2 Å². The molecule has 0 atom stereocenters. The Kier molecular flexibility index (Phi) is 4.80. The van der Waals surface area contributed by atoms with Crippen LogP contribution in [0.15, 0.2) is 10.8 Å². The number of esters is 1. The number of anilines is 1. The van der Waals surface area contributed by atoms with E-state index in [1.165, 1.54) is 29.8 Å². The van der Waals surface area contributed by atoms with Gasteiger partial charge in [0.2, 0.25) is 5.91 Å². The van der Waals surface area contributed by atoms with Gasteiger partial charge in [0.1, 0.15) is 0 Å². The number of methoxy groups -OCH3 is 1. The smallest absolute Gasteiger partial charge is 0.311 e. The molecule has 2 aromatic heterocycles. The number of ether oxygens (including phenoxy) is 1. The van der Waals surface area contributed by atoms with Crippen LogP contribution in [0.1, 0.15) is 16.4 Å². The molecule has 106 valence electrons. The van der Waals surface area contributed by atoms with E-state index in [1.54, 1.807) is 5.38 Å². The van der Waals surface area contributed by atoms with E-state index in [0.717, 1.165) is 10.7 Å². The van der Waals surface area contributed by atoms with Crippen molar-refractivity contribution in [2.75, 3.05) is 12.4 Å². The molecule has 0 fully saturated rings. The van der Waals surface area contributed by atoms with Gasteiger partial charge in [-0.3, -0.25) is 9.59 Å². The molecule has 0 aromatic carbocycles. The Morgan fingerprint density at radius 1 is 1.20 bits per heavy atom. The minimum atomic E-state index is -0.355. The standard InChI is InChI=1S/C12H13N3O3S2/c1-7-13-8(5-19-7)3-10(16)15-12-14-9(6-20-12)4-11(17)18-2/h5-6H,3-4H2,1-2H3,(H,14,15,16). The molecule has 0 unspecified atom stereocenters. The summed E-state index contributed by atoms with van der Waals surface area (Å²) < 4.78 is 4.56. The van der Waals surface area contributed by atoms with Crippen molar-refractivity contribution in [2.45, 2.75) is 19.8 Å². The summed E-state index contributed by atoms with van der Waals surface area (Å²) in [6.45, 7) is 1.89. The lowest BCUT2D eigenvalue weighted by Crippen LogP contribution is -2.14. The highest BCUT2D eigenvalue weighted by molar-refractivity contribution is 7.14. The maximum Gasteiger partial charge on any atom is 0.311 e. The van der Waals surface area contributed by atoms with Crippen molar-refractivity contribution in [2.24, 2.45) is 0 Å². The second kappa shape index (κ2) is 6.58. The second-order valence-electron chi connectivity index (χ2n) is 3.98. The fraction of sp³-hybridized carbons (Fsp3) is 0.333. The molecule has 0 aliphatic heterocycles. The molecule has 6 nitrogen and oxygen atoms in total. The predicted molar refractivity (Wildman–Crippen MR) is 77.0 cm³/mol. The Hall–Kier alpha value is -1.80. The van der Waals surface area contributed by atoms with Crippen LogP contribution in [0.3, 0.4) is 0 Å². The summed E-state index contributed by atoms with van der Waals surface area (Å²) in [5.74, 6) is -0.527. The number of hydrogen-bond donors (Lipinski definition) is 1. The number of nitrogens with one attached hydrogen (secondary N) is 1. The zero-order valence-electron chi connectivity index (χ0n) is 11.0. The molecular weight excluding hydrogens is 298 g/mol. The molecule has 8 heteroatoms. The maximum absolute atomic E-state index is 11.8. The number of aromatic nitrogens is 2. The first-order valence-electron chi connectivity index (χ1n) is 5.79. The molecule has 1 N–H and O–H groups in total. The van der Waals surface area contributed by atoms with E-state index >= 15 is 0 Å². The molecule has 2 heterocycles. The molecule has 0 bridgehead atoms. The number of rotatable bonds is 5. The van der Waals surface area contributed by atoms with E-state index in [9.17, 15) is 9.59 Å². The van der Waals surface area contributed by atoms with Crippen LogP contribution in [-0.2, 0) is 27.2 Å². The first kappa shape index (κ1) is 14.6. The molecule has 2 rings (SSSR count). The summed E-state index contributed by atoms with van der Waals surface area (Å²) >= 11 is 2.79. The molecule has 2 aromatic rings. The lowest BCUT2D eigenvalue weighted by atomic mass is 10.3. The highest BCUT2D eigenvalue weighted by Crippen LogP contribution is 2.17. The highest BCUT2D eigenvalue weighted by Gasteiger charge is 2.11. The van der Waals surface area contributed by atoms with Crippen LogP contribution in [0.2, 0.25) is 0 Å². The number of amides is 1. The van der Waals surface area contributed by atoms with Crippen molar-refractivity contribution in [1.29, 1.82) is 0 Å². The Bertz CT molecular complexity index is 621. The average molecular weight is 311 g/mol. The lowest BCUT2D eigenvalue weighted by Gasteiger charge is -1.99. The third kappa shape index (κ3) is 4.10. The molecular formula is C12H13N3O3S2. The number of aryl methyl sites for hydroxylation is 1. The number of carbonyl (C=O) groups excluding carboxylic acids is 2. The minimum absolute atomic E-state index is 0.105. The predicted octanol–water partition coefficient (Wildman–Crippen LogP) is 1.80. The first-order chi connectivity index (χ1) is 9.56. The third-order valence-electron chi connectivity index (χ3n) is 2.36. The average Bonchev–Trinajstić information content (AvgIpc) is 2.99. The van der Waals surface area contributed by atoms with Crippen LogP contribution in [0.4, 0.5) is 5.13 Å². The van der Waals surface area contributed by atoms with Crippen LogP contribution in [-0.4, -0.2) is 29.0 Å². The van der Waals surface area contributed by atoms with Crippen LogP contribution >= 0.6 is 22.7 Å². The van der Waals surface area contributed by atoms with Crippen molar-refractivity contribution in [3.63, 3.8) is 0 Å². The van der Waals surface area contributed by atoms with Gasteiger partial charge in [0.25, 0.3) is 0 Å². The van der Waals surface area contributed by atoms with Gasteiger partial charge >= 0.3 is 5.97 Å². The summed E-state index contributed by atoms with van der Waals surface area (Å²) in [7, 11) is 1.33. The molecule has 0 saturated carbocycles. The molecule has 0 saturated heterocycles. The zero-order valence-corrected chi connectivity index (χ0v) is 12.6. The minimum Gasteiger partial charge on any atom is -0.469 e. The topological polar surface area (TPSA) is 81.2 Å². The Balaban J connectivity index is 1.89. The molecule has 0 aliphatic carbocycles. The Morgan fingerprint density at radius 3 is 2.55 bits per heavy atom. The number of carbonyl (C=O) groups is 2. The van der Waals surface area contributed by atoms with Gasteiger partial charge < -0.3 is 10.1 Å². The van der Waals surface area contributed by atoms with Crippen molar-refractivity contribution < 1.29 is 14.3 Å². The molecule has 1 amide bonds. The quantitative estimate of drug-likeness (QED) is 0.852. The van der Waals surface area contributed by atoms with E-state index in [0.29, 0.717) is 10.8 Å². The highest BCUT2D eigenvalue weighted by atomic mass is 32.1. The van der Waals surface area contributed by atoms with Crippen molar-refractivity contribution >= 4 is 39.7 Å². The van der Waals surface area contributed by atoms with Gasteiger partial charge in [0, 0.05) is 10.8 Å². The summed E-state index contributed by atoms with van der Waals surface area (Å²) in [6, 6.07) is 0. The van der Waals surface area contributed by atoms with E-state index < -0.39 is 0 Å². The zero-order chi connectivity index (χ0) is 14.5. The van der Waals surface area contributed by atoms with Gasteiger partial charge in [-0.1, -0.05) is 0 Å². The largest absolute Gasteiger partial charge is 0.469 e. The Labute approximate surface area is 123 Å². The molecule has 0 spiro atoms. The number of thiazole rings is 2. The second-order valence-corrected chi connectivity index (χ2v) is 5.90. The fourth-order valence-electron chi connectivity index (χ4n) is 1.48. The summed E-state index contributed by atoms with van der Waals surface area (Å²) in [5, 5.41) is 7.68. The SMILES string of the molecule is COC(=O)Cc1csc(NC(=O)Cc2csc(C)n2)n1. The van der Waals surface area contributed by atoms with Crippen molar-refractivity contribution in [1.82, 2.24) is 9.97 Å². The first-order valence-corrected chi connectivity index (χ1v) is 7.55. The van der Waals surface area contributed by atoms with Crippen LogP contribution < -0.4 is 5.32 Å². The molecule has 0 radical (unpaired) electrons. The Morgan fingerprint density at radius 2 is 1.90 bits per heavy atom. The van der Waals surface area contributed by atoms with Crippen LogP contribution in [0.5, 0.6) is 0 Å². The van der Waals surface area contributed by atoms with Gasteiger partial charge in [-0.2, -0.15) is 0 Å². The third-order valence-corrected chi connectivity index (χ3v) is 3.99. The summed E-state index contributed by atoms with van der Waals surface area (Å²) in [5.41, 5.74) is 1.33. The molecule has 0 aliphatic rings. The normalized spacial score (nSPS) is 10.3. The molecule has 20 heavy (non-hydrogen) atoms. The van der Waals surface area contributed by atoms with Gasteiger partial charge in [-0.15, -0.1) is 22.7 Å². The van der Waals surface area contributed by atoms with Gasteiger partial charge in [0.05, 0.1) is 36.3 Å². The monoisotopic (exact) mass is 311 g/mol.